The van der Waals surface area contributed by atoms with Gasteiger partial charge in [0, 0.05) is 34.7 Å². The van der Waals surface area contributed by atoms with E-state index in [9.17, 15) is 4.79 Å². The number of rotatable bonds is 5. The van der Waals surface area contributed by atoms with E-state index in [2.05, 4.69) is 56.6 Å². The van der Waals surface area contributed by atoms with Gasteiger partial charge in [0.25, 0.3) is 0 Å². The van der Waals surface area contributed by atoms with E-state index in [4.69, 9.17) is 0 Å². The van der Waals surface area contributed by atoms with Gasteiger partial charge in [0.2, 0.25) is 0 Å². The number of hydrogen-bond donors (Lipinski definition) is 0. The largest absolute Gasteiger partial charge is 0.333 e. The van der Waals surface area contributed by atoms with Crippen LogP contribution in [-0.2, 0) is 13.2 Å². The molecule has 3 nitrogen and oxygen atoms in total. The molecule has 0 atom stereocenters. The average molecular weight is 397 g/mol. The maximum Gasteiger partial charge on any atom is 0.189 e. The first-order valence-electron chi connectivity index (χ1n) is 8.69. The van der Waals surface area contributed by atoms with Gasteiger partial charge in [0.1, 0.15) is 0 Å². The summed E-state index contributed by atoms with van der Waals surface area (Å²) in [4.78, 5) is 14.7. The summed E-state index contributed by atoms with van der Waals surface area (Å²) < 4.78 is 3.16. The molecule has 1 aliphatic carbocycles. The zero-order valence-electron chi connectivity index (χ0n) is 14.3. The molecule has 1 aliphatic rings. The monoisotopic (exact) mass is 396 g/mol. The first-order valence-corrected chi connectivity index (χ1v) is 9.48. The normalized spacial score (nSPS) is 14.4. The number of aromatic nitrogens is 1. The molecule has 4 rings (SSSR count). The Morgan fingerprint density at radius 3 is 2.72 bits per heavy atom. The molecular weight excluding hydrogens is 376 g/mol. The first-order chi connectivity index (χ1) is 12.1. The van der Waals surface area contributed by atoms with Crippen molar-refractivity contribution in [1.82, 2.24) is 9.47 Å². The molecule has 1 heterocycles. The average Bonchev–Trinajstić information content (AvgIpc) is 3.42. The highest BCUT2D eigenvalue weighted by Gasteiger charge is 2.29. The number of benzene rings is 2. The van der Waals surface area contributed by atoms with Crippen LogP contribution in [0.25, 0.3) is 10.9 Å². The van der Waals surface area contributed by atoms with Gasteiger partial charge in [-0.25, -0.2) is 0 Å². The van der Waals surface area contributed by atoms with Gasteiger partial charge in [-0.15, -0.1) is 0 Å². The van der Waals surface area contributed by atoms with E-state index in [0.29, 0.717) is 6.04 Å². The van der Waals surface area contributed by atoms with Gasteiger partial charge in [0.15, 0.2) is 5.43 Å². The van der Waals surface area contributed by atoms with Crippen molar-refractivity contribution in [2.24, 2.45) is 0 Å². The molecule has 4 heteroatoms. The number of para-hydroxylation sites is 1. The SMILES string of the molecule is Cc1cccc(CN(Cn2ccc(=O)c3cccc(Br)c32)C2CC2)c1. The molecule has 1 saturated carbocycles. The van der Waals surface area contributed by atoms with Gasteiger partial charge in [-0.3, -0.25) is 9.69 Å². The van der Waals surface area contributed by atoms with E-state index in [-0.39, 0.29) is 5.43 Å². The first kappa shape index (κ1) is 16.6. The van der Waals surface area contributed by atoms with E-state index in [0.717, 1.165) is 28.6 Å². The van der Waals surface area contributed by atoms with Crippen molar-refractivity contribution in [3.8, 4) is 0 Å². The number of hydrogen-bond acceptors (Lipinski definition) is 2. The number of aryl methyl sites for hydroxylation is 1. The molecule has 3 aromatic rings. The van der Waals surface area contributed by atoms with Crippen LogP contribution in [0.3, 0.4) is 0 Å². The smallest absolute Gasteiger partial charge is 0.189 e. The predicted molar refractivity (Wildman–Crippen MR) is 106 cm³/mol. The molecule has 0 aliphatic heterocycles. The van der Waals surface area contributed by atoms with Crippen LogP contribution in [0.15, 0.2) is 64.0 Å². The van der Waals surface area contributed by atoms with Crippen molar-refractivity contribution in [3.05, 3.63) is 80.6 Å². The molecule has 0 N–H and O–H groups in total. The number of nitrogens with zero attached hydrogens (tertiary/aromatic N) is 2. The minimum atomic E-state index is 0.0733. The molecule has 128 valence electrons. The molecule has 25 heavy (non-hydrogen) atoms. The zero-order chi connectivity index (χ0) is 17.4. The van der Waals surface area contributed by atoms with E-state index in [1.165, 1.54) is 24.0 Å². The van der Waals surface area contributed by atoms with Crippen LogP contribution >= 0.6 is 15.9 Å². The van der Waals surface area contributed by atoms with Crippen molar-refractivity contribution in [1.29, 1.82) is 0 Å². The summed E-state index contributed by atoms with van der Waals surface area (Å²) in [5.74, 6) is 0. The Labute approximate surface area is 156 Å². The Hall–Kier alpha value is -1.91. The fraction of sp³-hybridized carbons (Fsp3) is 0.286. The lowest BCUT2D eigenvalue weighted by molar-refractivity contribution is 0.201. The molecule has 0 amide bonds. The zero-order valence-corrected chi connectivity index (χ0v) is 15.9. The molecule has 0 radical (unpaired) electrons. The molecule has 0 bridgehead atoms. The van der Waals surface area contributed by atoms with Crippen molar-refractivity contribution < 1.29 is 0 Å². The Bertz CT molecular complexity index is 975. The topological polar surface area (TPSA) is 25.2 Å². The summed E-state index contributed by atoms with van der Waals surface area (Å²) in [5.41, 5.74) is 3.69. The van der Waals surface area contributed by atoms with Gasteiger partial charge in [0.05, 0.1) is 12.2 Å². The highest BCUT2D eigenvalue weighted by atomic mass is 79.9. The molecule has 0 spiro atoms. The second kappa shape index (κ2) is 6.77. The van der Waals surface area contributed by atoms with Crippen LogP contribution in [0.2, 0.25) is 0 Å². The number of fused-ring (bicyclic) bond motifs is 1. The van der Waals surface area contributed by atoms with Gasteiger partial charge in [-0.05, 0) is 53.4 Å². The fourth-order valence-electron chi connectivity index (χ4n) is 3.42. The lowest BCUT2D eigenvalue weighted by Crippen LogP contribution is -2.29. The van der Waals surface area contributed by atoms with E-state index in [1.807, 2.05) is 24.4 Å². The maximum absolute atomic E-state index is 12.2. The number of pyridine rings is 1. The van der Waals surface area contributed by atoms with Crippen molar-refractivity contribution >= 4 is 26.8 Å². The second-order valence-corrected chi connectivity index (χ2v) is 7.75. The molecule has 1 fully saturated rings. The van der Waals surface area contributed by atoms with Gasteiger partial charge in [-0.1, -0.05) is 35.9 Å². The van der Waals surface area contributed by atoms with Gasteiger partial charge >= 0.3 is 0 Å². The van der Waals surface area contributed by atoms with E-state index in [1.54, 1.807) is 6.07 Å². The second-order valence-electron chi connectivity index (χ2n) is 6.89. The fourth-order valence-corrected chi connectivity index (χ4v) is 4.01. The third-order valence-electron chi connectivity index (χ3n) is 4.81. The van der Waals surface area contributed by atoms with Gasteiger partial charge in [-0.2, -0.15) is 0 Å². The molecule has 0 unspecified atom stereocenters. The van der Waals surface area contributed by atoms with Crippen LogP contribution in [0.5, 0.6) is 0 Å². The molecule has 2 aromatic carbocycles. The Morgan fingerprint density at radius 1 is 1.16 bits per heavy atom. The van der Waals surface area contributed by atoms with Crippen molar-refractivity contribution in [2.45, 2.75) is 39.0 Å². The maximum atomic E-state index is 12.2. The minimum Gasteiger partial charge on any atom is -0.333 e. The molecular formula is C21H21BrN2O. The minimum absolute atomic E-state index is 0.0733. The highest BCUT2D eigenvalue weighted by molar-refractivity contribution is 9.10. The summed E-state index contributed by atoms with van der Waals surface area (Å²) in [6, 6.07) is 16.9. The van der Waals surface area contributed by atoms with Crippen LogP contribution in [0, 0.1) is 6.92 Å². The summed E-state index contributed by atoms with van der Waals surface area (Å²) in [6.45, 7) is 3.86. The lowest BCUT2D eigenvalue weighted by Gasteiger charge is -2.25. The Balaban J connectivity index is 1.68. The van der Waals surface area contributed by atoms with Crippen LogP contribution < -0.4 is 5.43 Å². The summed E-state index contributed by atoms with van der Waals surface area (Å²) in [6.07, 6.45) is 4.43. The van der Waals surface area contributed by atoms with Gasteiger partial charge < -0.3 is 4.57 Å². The Morgan fingerprint density at radius 2 is 1.96 bits per heavy atom. The van der Waals surface area contributed by atoms with Crippen LogP contribution in [0.4, 0.5) is 0 Å². The summed E-state index contributed by atoms with van der Waals surface area (Å²) in [7, 11) is 0. The third kappa shape index (κ3) is 3.55. The summed E-state index contributed by atoms with van der Waals surface area (Å²) >= 11 is 3.62. The third-order valence-corrected chi connectivity index (χ3v) is 5.45. The molecule has 1 aromatic heterocycles. The van der Waals surface area contributed by atoms with Crippen molar-refractivity contribution in [3.63, 3.8) is 0 Å². The van der Waals surface area contributed by atoms with Crippen LogP contribution in [0.1, 0.15) is 24.0 Å². The Kier molecular flexibility index (Phi) is 4.48. The predicted octanol–water partition coefficient (Wildman–Crippen LogP) is 4.69. The van der Waals surface area contributed by atoms with E-state index < -0.39 is 0 Å². The molecule has 0 saturated heterocycles. The standard InChI is InChI=1S/C21H21BrN2O/c1-15-4-2-5-16(12-15)13-24(17-8-9-17)14-23-11-10-20(25)18-6-3-7-19(22)21(18)23/h2-7,10-12,17H,8-9,13-14H2,1H3. The van der Waals surface area contributed by atoms with E-state index >= 15 is 0 Å². The quantitative estimate of drug-likeness (QED) is 0.624. The highest BCUT2D eigenvalue weighted by Crippen LogP contribution is 2.30. The van der Waals surface area contributed by atoms with Crippen LogP contribution in [-0.4, -0.2) is 15.5 Å². The number of halogens is 1. The summed E-state index contributed by atoms with van der Waals surface area (Å²) in [5, 5.41) is 0.767. The lowest BCUT2D eigenvalue weighted by atomic mass is 10.1. The van der Waals surface area contributed by atoms with Crippen molar-refractivity contribution in [2.75, 3.05) is 0 Å².